The van der Waals surface area contributed by atoms with Crippen molar-refractivity contribution in [1.82, 2.24) is 9.66 Å². The Balaban J connectivity index is 1.48. The van der Waals surface area contributed by atoms with E-state index in [1.807, 2.05) is 37.3 Å². The molecular weight excluding hydrogens is 561 g/mol. The van der Waals surface area contributed by atoms with Crippen molar-refractivity contribution in [3.05, 3.63) is 122 Å². The fraction of sp³-hybridized carbons (Fsp3) is 0.0938. The van der Waals surface area contributed by atoms with Gasteiger partial charge >= 0.3 is 0 Å². The Bertz CT molecular complexity index is 2010. The Morgan fingerprint density at radius 1 is 0.976 bits per heavy atom. The van der Waals surface area contributed by atoms with Crippen molar-refractivity contribution in [2.45, 2.75) is 13.5 Å². The van der Waals surface area contributed by atoms with Gasteiger partial charge in [-0.05, 0) is 55.0 Å². The van der Waals surface area contributed by atoms with Gasteiger partial charge in [-0.1, -0.05) is 65.2 Å². The number of hydrogen-bond acceptors (Lipinski definition) is 6. The van der Waals surface area contributed by atoms with Crippen LogP contribution in [0.25, 0.3) is 33.5 Å². The highest BCUT2D eigenvalue weighted by Crippen LogP contribution is 2.35. The normalized spacial score (nSPS) is 11.5. The molecule has 0 atom stereocenters. The summed E-state index contributed by atoms with van der Waals surface area (Å²) < 4.78 is 19.0. The number of halogens is 2. The summed E-state index contributed by atoms with van der Waals surface area (Å²) >= 11 is 12.6. The molecule has 41 heavy (non-hydrogen) atoms. The van der Waals surface area contributed by atoms with Crippen LogP contribution in [0.3, 0.4) is 0 Å². The standard InChI is InChI=1S/C32H23Cl2N3O4/c1-19-6-5-7-20(12-19)18-40-30-22(14-24(34)16-28(30)39-2)17-35-37-31(36-26-9-4-3-8-25(26)32(37)38)29-15-21-13-23(33)10-11-27(21)41-29/h3-17H,18H2,1-2H3. The highest BCUT2D eigenvalue weighted by molar-refractivity contribution is 6.31. The lowest BCUT2D eigenvalue weighted by Gasteiger charge is -2.14. The number of para-hydroxylation sites is 1. The first kappa shape index (κ1) is 26.6. The van der Waals surface area contributed by atoms with E-state index in [4.69, 9.17) is 42.1 Å². The van der Waals surface area contributed by atoms with Gasteiger partial charge < -0.3 is 13.9 Å². The topological polar surface area (TPSA) is 78.9 Å². The number of nitrogens with zero attached hydrogens (tertiary/aromatic N) is 3. The molecule has 0 aliphatic carbocycles. The molecule has 4 aromatic carbocycles. The monoisotopic (exact) mass is 583 g/mol. The number of ether oxygens (including phenoxy) is 2. The quantitative estimate of drug-likeness (QED) is 0.178. The molecule has 2 aromatic heterocycles. The summed E-state index contributed by atoms with van der Waals surface area (Å²) in [6.45, 7) is 2.32. The second-order valence-corrected chi connectivity index (χ2v) is 10.3. The van der Waals surface area contributed by atoms with Gasteiger partial charge in [-0.25, -0.2) is 4.98 Å². The molecule has 0 aliphatic rings. The van der Waals surface area contributed by atoms with E-state index < -0.39 is 0 Å². The van der Waals surface area contributed by atoms with Crippen molar-refractivity contribution >= 4 is 51.3 Å². The number of rotatable bonds is 7. The summed E-state index contributed by atoms with van der Waals surface area (Å²) in [5.74, 6) is 1.46. The molecule has 0 saturated carbocycles. The Hall–Kier alpha value is -4.59. The van der Waals surface area contributed by atoms with E-state index in [0.717, 1.165) is 16.5 Å². The average Bonchev–Trinajstić information content (AvgIpc) is 3.39. The summed E-state index contributed by atoms with van der Waals surface area (Å²) in [6, 6.07) is 25.5. The molecule has 204 valence electrons. The van der Waals surface area contributed by atoms with Gasteiger partial charge in [-0.2, -0.15) is 9.78 Å². The smallest absolute Gasteiger partial charge is 0.282 e. The van der Waals surface area contributed by atoms with Gasteiger partial charge in [-0.15, -0.1) is 0 Å². The van der Waals surface area contributed by atoms with E-state index in [9.17, 15) is 4.79 Å². The first-order valence-corrected chi connectivity index (χ1v) is 13.5. The molecule has 6 rings (SSSR count). The van der Waals surface area contributed by atoms with Crippen molar-refractivity contribution in [2.24, 2.45) is 5.10 Å². The van der Waals surface area contributed by atoms with Crippen molar-refractivity contribution in [3.63, 3.8) is 0 Å². The fourth-order valence-corrected chi connectivity index (χ4v) is 4.98. The third kappa shape index (κ3) is 5.42. The Kier molecular flexibility index (Phi) is 7.22. The molecule has 7 nitrogen and oxygen atoms in total. The minimum atomic E-state index is -0.364. The minimum Gasteiger partial charge on any atom is -0.493 e. The maximum absolute atomic E-state index is 13.7. The fourth-order valence-electron chi connectivity index (χ4n) is 4.58. The van der Waals surface area contributed by atoms with Crippen molar-refractivity contribution in [1.29, 1.82) is 0 Å². The van der Waals surface area contributed by atoms with Gasteiger partial charge in [0, 0.05) is 27.1 Å². The van der Waals surface area contributed by atoms with Crippen molar-refractivity contribution in [2.75, 3.05) is 7.11 Å². The van der Waals surface area contributed by atoms with Crippen LogP contribution in [0, 0.1) is 6.92 Å². The van der Waals surface area contributed by atoms with Gasteiger partial charge in [-0.3, -0.25) is 4.79 Å². The Labute approximate surface area is 245 Å². The van der Waals surface area contributed by atoms with Crippen LogP contribution in [-0.2, 0) is 6.61 Å². The van der Waals surface area contributed by atoms with Crippen LogP contribution < -0.4 is 15.0 Å². The third-order valence-corrected chi connectivity index (χ3v) is 6.95. The minimum absolute atomic E-state index is 0.230. The molecule has 0 unspecified atom stereocenters. The van der Waals surface area contributed by atoms with Crippen molar-refractivity contribution < 1.29 is 13.9 Å². The Morgan fingerprint density at radius 3 is 2.66 bits per heavy atom. The van der Waals surface area contributed by atoms with Gasteiger partial charge in [0.1, 0.15) is 12.2 Å². The molecule has 6 aromatic rings. The Morgan fingerprint density at radius 2 is 1.83 bits per heavy atom. The van der Waals surface area contributed by atoms with Crippen LogP contribution >= 0.6 is 23.2 Å². The maximum atomic E-state index is 13.7. The summed E-state index contributed by atoms with van der Waals surface area (Å²) in [7, 11) is 1.54. The molecule has 0 spiro atoms. The lowest BCUT2D eigenvalue weighted by Crippen LogP contribution is -2.20. The zero-order valence-corrected chi connectivity index (χ0v) is 23.6. The van der Waals surface area contributed by atoms with E-state index in [0.29, 0.717) is 56.0 Å². The van der Waals surface area contributed by atoms with E-state index in [1.165, 1.54) is 18.0 Å². The predicted molar refractivity (Wildman–Crippen MR) is 163 cm³/mol. The van der Waals surface area contributed by atoms with E-state index in [-0.39, 0.29) is 11.4 Å². The van der Waals surface area contributed by atoms with Gasteiger partial charge in [0.05, 0.1) is 24.2 Å². The number of furan rings is 1. The SMILES string of the molecule is COc1cc(Cl)cc(C=Nn2c(-c3cc4cc(Cl)ccc4o3)nc3ccccc3c2=O)c1OCc1cccc(C)c1. The highest BCUT2D eigenvalue weighted by Gasteiger charge is 2.18. The van der Waals surface area contributed by atoms with Crippen LogP contribution in [0.15, 0.2) is 99.2 Å². The first-order valence-electron chi connectivity index (χ1n) is 12.7. The maximum Gasteiger partial charge on any atom is 0.282 e. The number of methoxy groups -OCH3 is 1. The van der Waals surface area contributed by atoms with Gasteiger partial charge in [0.15, 0.2) is 17.3 Å². The second kappa shape index (κ2) is 11.1. The van der Waals surface area contributed by atoms with Crippen molar-refractivity contribution in [3.8, 4) is 23.1 Å². The zero-order chi connectivity index (χ0) is 28.5. The first-order chi connectivity index (χ1) is 19.9. The summed E-state index contributed by atoms with van der Waals surface area (Å²) in [6.07, 6.45) is 1.50. The van der Waals surface area contributed by atoms with Gasteiger partial charge in [0.2, 0.25) is 5.82 Å². The van der Waals surface area contributed by atoms with Crippen LogP contribution in [-0.4, -0.2) is 23.0 Å². The lowest BCUT2D eigenvalue weighted by atomic mass is 10.1. The predicted octanol–water partition coefficient (Wildman–Crippen LogP) is 7.89. The van der Waals surface area contributed by atoms with Crippen LogP contribution in [0.5, 0.6) is 11.5 Å². The number of aromatic nitrogens is 2. The molecule has 0 radical (unpaired) electrons. The van der Waals surface area contributed by atoms with E-state index >= 15 is 0 Å². The van der Waals surface area contributed by atoms with Crippen LogP contribution in [0.2, 0.25) is 10.0 Å². The van der Waals surface area contributed by atoms with E-state index in [1.54, 1.807) is 54.6 Å². The van der Waals surface area contributed by atoms with Crippen LogP contribution in [0.4, 0.5) is 0 Å². The summed E-state index contributed by atoms with van der Waals surface area (Å²) in [5.41, 5.74) is 3.39. The zero-order valence-electron chi connectivity index (χ0n) is 22.1. The molecule has 0 fully saturated rings. The molecule has 0 aliphatic heterocycles. The molecular formula is C32H23Cl2N3O4. The average molecular weight is 584 g/mol. The lowest BCUT2D eigenvalue weighted by molar-refractivity contribution is 0.284. The van der Waals surface area contributed by atoms with E-state index in [2.05, 4.69) is 5.10 Å². The summed E-state index contributed by atoms with van der Waals surface area (Å²) in [4.78, 5) is 18.4. The molecule has 0 bridgehead atoms. The number of aryl methyl sites for hydroxylation is 1. The number of fused-ring (bicyclic) bond motifs is 2. The largest absolute Gasteiger partial charge is 0.493 e. The number of benzene rings is 4. The summed E-state index contributed by atoms with van der Waals surface area (Å²) in [5, 5.41) is 6.75. The van der Waals surface area contributed by atoms with Crippen LogP contribution in [0.1, 0.15) is 16.7 Å². The molecule has 0 amide bonds. The van der Waals surface area contributed by atoms with Gasteiger partial charge in [0.25, 0.3) is 5.56 Å². The number of hydrogen-bond donors (Lipinski definition) is 0. The molecule has 0 saturated heterocycles. The highest BCUT2D eigenvalue weighted by atomic mass is 35.5. The second-order valence-electron chi connectivity index (χ2n) is 9.41. The molecule has 0 N–H and O–H groups in total. The molecule has 2 heterocycles. The third-order valence-electron chi connectivity index (χ3n) is 6.50. The molecule has 9 heteroatoms.